The maximum Gasteiger partial charge on any atom is 0.254 e. The summed E-state index contributed by atoms with van der Waals surface area (Å²) in [5.74, 6) is 2.22. The molecule has 1 fully saturated rings. The average molecular weight is 474 g/mol. The molecule has 4 aromatic rings. The molecular formula is C26H27N5O4. The van der Waals surface area contributed by atoms with Crippen molar-refractivity contribution in [2.24, 2.45) is 0 Å². The molecule has 1 amide bonds. The van der Waals surface area contributed by atoms with Gasteiger partial charge >= 0.3 is 0 Å². The highest BCUT2D eigenvalue weighted by Crippen LogP contribution is 2.33. The third kappa shape index (κ3) is 4.01. The Morgan fingerprint density at radius 1 is 1.06 bits per heavy atom. The molecule has 2 aliphatic rings. The molecule has 180 valence electrons. The largest absolute Gasteiger partial charge is 0.463 e. The van der Waals surface area contributed by atoms with Crippen LogP contribution < -0.4 is 9.47 Å². The second-order valence-corrected chi connectivity index (χ2v) is 9.21. The Hall–Kier alpha value is -3.85. The van der Waals surface area contributed by atoms with Crippen LogP contribution in [0.5, 0.6) is 11.5 Å². The van der Waals surface area contributed by atoms with Crippen LogP contribution in [0, 0.1) is 0 Å². The van der Waals surface area contributed by atoms with E-state index < -0.39 is 0 Å². The zero-order valence-corrected chi connectivity index (χ0v) is 19.8. The van der Waals surface area contributed by atoms with Crippen molar-refractivity contribution >= 4 is 16.9 Å². The van der Waals surface area contributed by atoms with Crippen LogP contribution in [0.15, 0.2) is 53.3 Å². The van der Waals surface area contributed by atoms with E-state index in [9.17, 15) is 4.79 Å². The first kappa shape index (κ1) is 21.7. The lowest BCUT2D eigenvalue weighted by Gasteiger charge is -2.35. The minimum Gasteiger partial charge on any atom is -0.463 e. The number of aromatic nitrogens is 3. The average Bonchev–Trinajstić information content (AvgIpc) is 3.63. The Bertz CT molecular complexity index is 1370. The van der Waals surface area contributed by atoms with Crippen LogP contribution in [0.25, 0.3) is 22.5 Å². The third-order valence-corrected chi connectivity index (χ3v) is 6.56. The van der Waals surface area contributed by atoms with Crippen LogP contribution in [0.1, 0.15) is 35.8 Å². The molecule has 1 aromatic carbocycles. The number of carbonyl (C=O) groups excluding carboxylic acids is 1. The van der Waals surface area contributed by atoms with E-state index in [4.69, 9.17) is 18.9 Å². The van der Waals surface area contributed by atoms with Gasteiger partial charge in [0.15, 0.2) is 22.9 Å². The van der Waals surface area contributed by atoms with E-state index in [2.05, 4.69) is 29.9 Å². The number of hydrogen-bond acceptors (Lipinski definition) is 7. The van der Waals surface area contributed by atoms with Gasteiger partial charge in [0.2, 0.25) is 6.79 Å². The topological polar surface area (TPSA) is 85.9 Å². The number of amides is 1. The van der Waals surface area contributed by atoms with Crippen molar-refractivity contribution in [1.82, 2.24) is 24.6 Å². The zero-order chi connectivity index (χ0) is 23.9. The van der Waals surface area contributed by atoms with E-state index >= 15 is 0 Å². The maximum absolute atomic E-state index is 13.7. The first-order chi connectivity index (χ1) is 17.1. The van der Waals surface area contributed by atoms with Crippen LogP contribution in [0.2, 0.25) is 0 Å². The maximum atomic E-state index is 13.7. The Morgan fingerprint density at radius 2 is 1.89 bits per heavy atom. The van der Waals surface area contributed by atoms with Gasteiger partial charge in [-0.15, -0.1) is 0 Å². The second-order valence-electron chi connectivity index (χ2n) is 9.21. The summed E-state index contributed by atoms with van der Waals surface area (Å²) in [6.45, 7) is 8.09. The van der Waals surface area contributed by atoms with Crippen LogP contribution >= 0.6 is 0 Å². The first-order valence-corrected chi connectivity index (χ1v) is 11.9. The van der Waals surface area contributed by atoms with Crippen molar-refractivity contribution in [2.75, 3.05) is 33.0 Å². The number of piperazine rings is 1. The molecule has 0 bridgehead atoms. The summed E-state index contributed by atoms with van der Waals surface area (Å²) in [6, 6.07) is 11.7. The summed E-state index contributed by atoms with van der Waals surface area (Å²) >= 11 is 0. The van der Waals surface area contributed by atoms with E-state index in [1.54, 1.807) is 12.5 Å². The Labute approximate surface area is 202 Å². The van der Waals surface area contributed by atoms with Gasteiger partial charge in [0.05, 0.1) is 23.4 Å². The van der Waals surface area contributed by atoms with Crippen LogP contribution in [0.4, 0.5) is 0 Å². The van der Waals surface area contributed by atoms with E-state index in [1.807, 2.05) is 39.9 Å². The number of hydrogen-bond donors (Lipinski definition) is 0. The molecule has 6 rings (SSSR count). The van der Waals surface area contributed by atoms with E-state index in [-0.39, 0.29) is 18.7 Å². The van der Waals surface area contributed by atoms with Crippen molar-refractivity contribution in [3.63, 3.8) is 0 Å². The lowest BCUT2D eigenvalue weighted by atomic mass is 10.1. The summed E-state index contributed by atoms with van der Waals surface area (Å²) in [6.07, 6.45) is 3.36. The zero-order valence-electron chi connectivity index (χ0n) is 19.8. The first-order valence-electron chi connectivity index (χ1n) is 11.9. The molecular weight excluding hydrogens is 446 g/mol. The minimum absolute atomic E-state index is 0.00348. The summed E-state index contributed by atoms with van der Waals surface area (Å²) in [4.78, 5) is 22.7. The highest BCUT2D eigenvalue weighted by molar-refractivity contribution is 6.06. The van der Waals surface area contributed by atoms with E-state index in [0.717, 1.165) is 36.5 Å². The molecule has 9 heteroatoms. The monoisotopic (exact) mass is 473 g/mol. The normalized spacial score (nSPS) is 15.9. The van der Waals surface area contributed by atoms with Gasteiger partial charge in [0.1, 0.15) is 5.69 Å². The molecule has 1 saturated heterocycles. The molecule has 0 aliphatic carbocycles. The van der Waals surface area contributed by atoms with Gasteiger partial charge in [0.25, 0.3) is 5.91 Å². The van der Waals surface area contributed by atoms with Gasteiger partial charge in [-0.1, -0.05) is 6.07 Å². The minimum atomic E-state index is -0.00348. The van der Waals surface area contributed by atoms with Gasteiger partial charge in [0, 0.05) is 38.8 Å². The molecule has 0 unspecified atom stereocenters. The van der Waals surface area contributed by atoms with Gasteiger partial charge < -0.3 is 18.8 Å². The summed E-state index contributed by atoms with van der Waals surface area (Å²) < 4.78 is 18.3. The van der Waals surface area contributed by atoms with Crippen molar-refractivity contribution in [3.05, 3.63) is 60.0 Å². The Morgan fingerprint density at radius 3 is 2.66 bits per heavy atom. The van der Waals surface area contributed by atoms with Gasteiger partial charge in [-0.3, -0.25) is 9.69 Å². The molecule has 0 radical (unpaired) electrons. The fraction of sp³-hybridized carbons (Fsp3) is 0.346. The number of pyridine rings is 1. The lowest BCUT2D eigenvalue weighted by Crippen LogP contribution is -2.48. The van der Waals surface area contributed by atoms with Crippen molar-refractivity contribution in [3.8, 4) is 23.0 Å². The standard InChI is InChI=1S/C26H27N5O4/c1-17(2)31-25-20(14-27-31)19(13-21(28-25)22-4-3-11-33-22)26(32)30-9-7-29(8-10-30)15-18-5-6-23-24(12-18)35-16-34-23/h3-6,11-14,17H,7-10,15-16H2,1-2H3. The molecule has 0 spiro atoms. The van der Waals surface area contributed by atoms with Crippen molar-refractivity contribution in [2.45, 2.75) is 26.4 Å². The highest BCUT2D eigenvalue weighted by atomic mass is 16.7. The number of nitrogens with zero attached hydrogens (tertiary/aromatic N) is 5. The Balaban J connectivity index is 1.22. The molecule has 2 aliphatic heterocycles. The molecule has 3 aromatic heterocycles. The SMILES string of the molecule is CC(C)n1ncc2c(C(=O)N3CCN(Cc4ccc5c(c4)OCO5)CC3)cc(-c3ccco3)nc21. The second kappa shape index (κ2) is 8.74. The quantitative estimate of drug-likeness (QED) is 0.434. The molecule has 0 N–H and O–H groups in total. The predicted molar refractivity (Wildman–Crippen MR) is 129 cm³/mol. The number of rotatable bonds is 5. The number of benzene rings is 1. The highest BCUT2D eigenvalue weighted by Gasteiger charge is 2.26. The summed E-state index contributed by atoms with van der Waals surface area (Å²) in [5.41, 5.74) is 3.11. The third-order valence-electron chi connectivity index (χ3n) is 6.56. The molecule has 5 heterocycles. The fourth-order valence-electron chi connectivity index (χ4n) is 4.70. The molecule has 0 saturated carbocycles. The lowest BCUT2D eigenvalue weighted by molar-refractivity contribution is 0.0630. The summed E-state index contributed by atoms with van der Waals surface area (Å²) in [5, 5.41) is 5.28. The molecule has 35 heavy (non-hydrogen) atoms. The van der Waals surface area contributed by atoms with Gasteiger partial charge in [-0.2, -0.15) is 5.10 Å². The van der Waals surface area contributed by atoms with Crippen LogP contribution in [-0.2, 0) is 6.54 Å². The van der Waals surface area contributed by atoms with Crippen molar-refractivity contribution in [1.29, 1.82) is 0 Å². The Kier molecular flexibility index (Phi) is 5.41. The fourth-order valence-corrected chi connectivity index (χ4v) is 4.70. The number of ether oxygens (including phenoxy) is 2. The molecule has 9 nitrogen and oxygen atoms in total. The number of fused-ring (bicyclic) bond motifs is 2. The van der Waals surface area contributed by atoms with Gasteiger partial charge in [-0.25, -0.2) is 9.67 Å². The van der Waals surface area contributed by atoms with Gasteiger partial charge in [-0.05, 0) is 49.7 Å². The molecule has 0 atom stereocenters. The predicted octanol–water partition coefficient (Wildman–Crippen LogP) is 3.96. The van der Waals surface area contributed by atoms with Crippen LogP contribution in [0.3, 0.4) is 0 Å². The van der Waals surface area contributed by atoms with E-state index in [1.165, 1.54) is 5.56 Å². The number of carbonyl (C=O) groups is 1. The smallest absolute Gasteiger partial charge is 0.254 e. The van der Waals surface area contributed by atoms with Crippen molar-refractivity contribution < 1.29 is 18.7 Å². The summed E-state index contributed by atoms with van der Waals surface area (Å²) in [7, 11) is 0. The number of furan rings is 1. The van der Waals surface area contributed by atoms with Crippen LogP contribution in [-0.4, -0.2) is 63.4 Å². The van der Waals surface area contributed by atoms with E-state index in [0.29, 0.717) is 35.8 Å².